The maximum atomic E-state index is 13.6. The number of fused-ring (bicyclic) bond motifs is 1. The Kier molecular flexibility index (Phi) is 5.62. The van der Waals surface area contributed by atoms with Gasteiger partial charge in [-0.2, -0.15) is 5.10 Å². The van der Waals surface area contributed by atoms with Crippen LogP contribution < -0.4 is 0 Å². The molecule has 2 aromatic carbocycles. The fourth-order valence-corrected chi connectivity index (χ4v) is 4.68. The van der Waals surface area contributed by atoms with E-state index in [-0.39, 0.29) is 17.7 Å². The summed E-state index contributed by atoms with van der Waals surface area (Å²) in [6.45, 7) is 6.53. The van der Waals surface area contributed by atoms with E-state index in [1.54, 1.807) is 24.5 Å². The molecule has 6 nitrogen and oxygen atoms in total. The number of aromatic nitrogens is 3. The van der Waals surface area contributed by atoms with Crippen LogP contribution >= 0.6 is 11.6 Å². The van der Waals surface area contributed by atoms with E-state index in [4.69, 9.17) is 11.6 Å². The van der Waals surface area contributed by atoms with Crippen LogP contribution in [0.4, 0.5) is 0 Å². The number of aromatic hydroxyl groups is 1. The zero-order valence-corrected chi connectivity index (χ0v) is 20.0. The summed E-state index contributed by atoms with van der Waals surface area (Å²) in [6, 6.07) is 15.1. The third-order valence-electron chi connectivity index (χ3n) is 6.39. The number of aryl methyl sites for hydroxylation is 1. The minimum Gasteiger partial charge on any atom is -0.507 e. The van der Waals surface area contributed by atoms with Crippen LogP contribution in [0, 0.1) is 6.92 Å². The number of carbonyl (C=O) groups is 1. The van der Waals surface area contributed by atoms with E-state index in [1.807, 2.05) is 24.0 Å². The molecule has 0 aliphatic carbocycles. The molecular weight excluding hydrogens is 448 g/mol. The Hall–Kier alpha value is -3.64. The molecule has 1 aliphatic rings. The topological polar surface area (TPSA) is 82.1 Å². The molecule has 0 fully saturated rings. The molecule has 1 amide bonds. The van der Waals surface area contributed by atoms with Crippen LogP contribution in [0.3, 0.4) is 0 Å². The lowest BCUT2D eigenvalue weighted by Crippen LogP contribution is -2.29. The highest BCUT2D eigenvalue weighted by Crippen LogP contribution is 2.46. The van der Waals surface area contributed by atoms with Crippen LogP contribution in [0.1, 0.15) is 64.1 Å². The number of phenolic OH excluding ortho intramolecular Hbond substituents is 1. The van der Waals surface area contributed by atoms with Crippen molar-refractivity contribution < 1.29 is 9.90 Å². The second kappa shape index (κ2) is 8.61. The third-order valence-corrected chi connectivity index (χ3v) is 6.80. The first-order chi connectivity index (χ1) is 16.3. The van der Waals surface area contributed by atoms with E-state index in [0.29, 0.717) is 34.4 Å². The summed E-state index contributed by atoms with van der Waals surface area (Å²) in [6.07, 6.45) is 3.48. The van der Waals surface area contributed by atoms with Gasteiger partial charge < -0.3 is 10.0 Å². The van der Waals surface area contributed by atoms with Gasteiger partial charge in [0, 0.05) is 35.1 Å². The normalized spacial score (nSPS) is 15.3. The molecule has 0 spiro atoms. The first-order valence-corrected chi connectivity index (χ1v) is 11.6. The van der Waals surface area contributed by atoms with Crippen molar-refractivity contribution in [3.8, 4) is 17.0 Å². The molecule has 172 valence electrons. The summed E-state index contributed by atoms with van der Waals surface area (Å²) in [4.78, 5) is 19.6. The first kappa shape index (κ1) is 22.2. The molecule has 3 heterocycles. The molecular formula is C27H25ClN4O2. The molecule has 0 saturated carbocycles. The lowest BCUT2D eigenvalue weighted by Gasteiger charge is -2.27. The van der Waals surface area contributed by atoms with Crippen molar-refractivity contribution in [3.63, 3.8) is 0 Å². The predicted molar refractivity (Wildman–Crippen MR) is 132 cm³/mol. The van der Waals surface area contributed by atoms with Gasteiger partial charge in [0.1, 0.15) is 17.1 Å². The predicted octanol–water partition coefficient (Wildman–Crippen LogP) is 6.01. The van der Waals surface area contributed by atoms with Crippen LogP contribution in [-0.2, 0) is 6.54 Å². The summed E-state index contributed by atoms with van der Waals surface area (Å²) in [5.41, 5.74) is 6.07. The average Bonchev–Trinajstić information content (AvgIpc) is 3.36. The number of hydrogen-bond acceptors (Lipinski definition) is 4. The Bertz CT molecular complexity index is 1360. The highest BCUT2D eigenvalue weighted by Gasteiger charge is 2.42. The van der Waals surface area contributed by atoms with Crippen LogP contribution in [-0.4, -0.2) is 31.1 Å². The Morgan fingerprint density at radius 1 is 1.18 bits per heavy atom. The van der Waals surface area contributed by atoms with Gasteiger partial charge in [0.15, 0.2) is 0 Å². The Balaban J connectivity index is 1.67. The van der Waals surface area contributed by atoms with Crippen molar-refractivity contribution in [2.24, 2.45) is 0 Å². The fraction of sp³-hybridized carbons (Fsp3) is 0.222. The maximum absolute atomic E-state index is 13.6. The average molecular weight is 473 g/mol. The molecule has 5 rings (SSSR count). The number of phenols is 1. The fourth-order valence-electron chi connectivity index (χ4n) is 4.52. The number of carbonyl (C=O) groups excluding carboxylic acids is 1. The Morgan fingerprint density at radius 2 is 1.94 bits per heavy atom. The van der Waals surface area contributed by atoms with Crippen LogP contribution in [0.25, 0.3) is 11.3 Å². The molecule has 1 aliphatic heterocycles. The third kappa shape index (κ3) is 3.74. The minimum atomic E-state index is -0.378. The summed E-state index contributed by atoms with van der Waals surface area (Å²) in [5.74, 6) is 0.328. The minimum absolute atomic E-state index is 0.0725. The molecule has 2 aromatic heterocycles. The number of H-pyrrole nitrogens is 1. The molecule has 7 heteroatoms. The van der Waals surface area contributed by atoms with Crippen LogP contribution in [0.5, 0.6) is 5.75 Å². The number of rotatable bonds is 5. The molecule has 0 bridgehead atoms. The second-order valence-corrected chi connectivity index (χ2v) is 9.40. The molecule has 4 aromatic rings. The van der Waals surface area contributed by atoms with Crippen molar-refractivity contribution >= 4 is 17.5 Å². The van der Waals surface area contributed by atoms with Gasteiger partial charge >= 0.3 is 0 Å². The van der Waals surface area contributed by atoms with Gasteiger partial charge in [-0.15, -0.1) is 0 Å². The van der Waals surface area contributed by atoms with Crippen LogP contribution in [0.2, 0.25) is 5.02 Å². The summed E-state index contributed by atoms with van der Waals surface area (Å²) in [5, 5.41) is 18.6. The van der Waals surface area contributed by atoms with Crippen molar-refractivity contribution in [1.29, 1.82) is 0 Å². The lowest BCUT2D eigenvalue weighted by atomic mass is 9.93. The van der Waals surface area contributed by atoms with E-state index in [1.165, 1.54) is 5.56 Å². The number of nitrogens with zero attached hydrogens (tertiary/aromatic N) is 3. The molecule has 0 radical (unpaired) electrons. The van der Waals surface area contributed by atoms with Crippen molar-refractivity contribution in [1.82, 2.24) is 20.1 Å². The largest absolute Gasteiger partial charge is 0.507 e. The second-order valence-electron chi connectivity index (χ2n) is 9.00. The van der Waals surface area contributed by atoms with E-state index in [2.05, 4.69) is 53.3 Å². The van der Waals surface area contributed by atoms with E-state index in [0.717, 1.165) is 22.3 Å². The number of benzene rings is 2. The van der Waals surface area contributed by atoms with Gasteiger partial charge in [-0.05, 0) is 53.3 Å². The van der Waals surface area contributed by atoms with Crippen molar-refractivity contribution in [2.45, 2.75) is 39.3 Å². The summed E-state index contributed by atoms with van der Waals surface area (Å²) in [7, 11) is 0. The summed E-state index contributed by atoms with van der Waals surface area (Å²) < 4.78 is 0. The highest BCUT2D eigenvalue weighted by atomic mass is 35.5. The number of aromatic amines is 1. The standard InChI is InChI=1S/C27H25ClN4O2/c1-15(2)18-6-8-19(9-7-18)26-23-24(20-12-21(28)16(3)11-22(20)33)30-31-25(23)27(34)32(26)14-17-5-4-10-29-13-17/h4-13,15,26,33H,14H2,1-3H3,(H,30,31)/t26-/m1/s1. The smallest absolute Gasteiger partial charge is 0.273 e. The van der Waals surface area contributed by atoms with E-state index >= 15 is 0 Å². The maximum Gasteiger partial charge on any atom is 0.273 e. The van der Waals surface area contributed by atoms with Gasteiger partial charge in [-0.1, -0.05) is 55.8 Å². The number of hydrogen-bond donors (Lipinski definition) is 2. The van der Waals surface area contributed by atoms with E-state index < -0.39 is 0 Å². The van der Waals surface area contributed by atoms with Gasteiger partial charge in [-0.3, -0.25) is 14.9 Å². The van der Waals surface area contributed by atoms with E-state index in [9.17, 15) is 9.90 Å². The molecule has 0 saturated heterocycles. The zero-order valence-electron chi connectivity index (χ0n) is 19.2. The molecule has 2 N–H and O–H groups in total. The molecule has 0 unspecified atom stereocenters. The van der Waals surface area contributed by atoms with Gasteiger partial charge in [0.05, 0.1) is 6.04 Å². The van der Waals surface area contributed by atoms with Crippen molar-refractivity contribution in [3.05, 3.63) is 99.5 Å². The SMILES string of the molecule is Cc1cc(O)c(-c2n[nH]c3c2[C@@H](c2ccc(C(C)C)cc2)N(Cc2cccnc2)C3=O)cc1Cl. The van der Waals surface area contributed by atoms with Crippen LogP contribution in [0.15, 0.2) is 60.9 Å². The molecule has 34 heavy (non-hydrogen) atoms. The Morgan fingerprint density at radius 3 is 2.62 bits per heavy atom. The van der Waals surface area contributed by atoms with Gasteiger partial charge in [0.25, 0.3) is 5.91 Å². The first-order valence-electron chi connectivity index (χ1n) is 11.2. The lowest BCUT2D eigenvalue weighted by molar-refractivity contribution is 0.0730. The monoisotopic (exact) mass is 472 g/mol. The van der Waals surface area contributed by atoms with Gasteiger partial charge in [-0.25, -0.2) is 0 Å². The summed E-state index contributed by atoms with van der Waals surface area (Å²) >= 11 is 6.39. The number of halogens is 1. The van der Waals surface area contributed by atoms with Crippen molar-refractivity contribution in [2.75, 3.05) is 0 Å². The number of pyridine rings is 1. The Labute approximate surface area is 203 Å². The molecule has 1 atom stereocenters. The zero-order chi connectivity index (χ0) is 24.0. The van der Waals surface area contributed by atoms with Gasteiger partial charge in [0.2, 0.25) is 0 Å². The number of nitrogens with one attached hydrogen (secondary N) is 1. The number of amides is 1. The quantitative estimate of drug-likeness (QED) is 0.372. The highest BCUT2D eigenvalue weighted by molar-refractivity contribution is 6.31.